The van der Waals surface area contributed by atoms with Gasteiger partial charge in [-0.3, -0.25) is 0 Å². The first-order valence-electron chi connectivity index (χ1n) is 5.40. The van der Waals surface area contributed by atoms with Gasteiger partial charge in [-0.25, -0.2) is 9.37 Å². The molecule has 0 aliphatic rings. The van der Waals surface area contributed by atoms with Crippen LogP contribution in [-0.4, -0.2) is 16.2 Å². The van der Waals surface area contributed by atoms with E-state index in [0.717, 1.165) is 5.69 Å². The Kier molecular flexibility index (Phi) is 3.39. The van der Waals surface area contributed by atoms with Crippen LogP contribution in [-0.2, 0) is 6.54 Å². The third-order valence-electron chi connectivity index (χ3n) is 2.36. The number of benzene rings is 1. The monoisotopic (exact) mass is 235 g/mol. The van der Waals surface area contributed by atoms with Gasteiger partial charge in [-0.05, 0) is 19.1 Å². The molecule has 0 aliphatic carbocycles. The van der Waals surface area contributed by atoms with E-state index in [1.165, 1.54) is 6.07 Å². The van der Waals surface area contributed by atoms with Crippen molar-refractivity contribution in [3.8, 4) is 11.4 Å². The molecule has 90 valence electrons. The maximum Gasteiger partial charge on any atom is 0.167 e. The Morgan fingerprint density at radius 1 is 1.47 bits per heavy atom. The molecule has 4 nitrogen and oxygen atoms in total. The van der Waals surface area contributed by atoms with E-state index in [2.05, 4.69) is 4.98 Å². The van der Waals surface area contributed by atoms with Gasteiger partial charge in [-0.15, -0.1) is 0 Å². The highest BCUT2D eigenvalue weighted by molar-refractivity contribution is 5.39. The number of aromatic nitrogens is 2. The molecule has 0 saturated heterocycles. The highest BCUT2D eigenvalue weighted by Crippen LogP contribution is 2.20. The Morgan fingerprint density at radius 2 is 2.29 bits per heavy atom. The molecule has 1 heterocycles. The molecular weight excluding hydrogens is 221 g/mol. The lowest BCUT2D eigenvalue weighted by atomic mass is 10.3. The molecule has 0 aliphatic heterocycles. The van der Waals surface area contributed by atoms with Gasteiger partial charge in [-0.2, -0.15) is 0 Å². The Labute approximate surface area is 98.8 Å². The highest BCUT2D eigenvalue weighted by Gasteiger charge is 2.06. The molecule has 1 aromatic carbocycles. The minimum Gasteiger partial charge on any atom is -0.491 e. The van der Waals surface area contributed by atoms with Gasteiger partial charge in [0.1, 0.15) is 0 Å². The Balaban J connectivity index is 2.30. The van der Waals surface area contributed by atoms with Gasteiger partial charge in [-0.1, -0.05) is 0 Å². The molecule has 0 spiro atoms. The van der Waals surface area contributed by atoms with Crippen LogP contribution >= 0.6 is 0 Å². The number of nitrogens with zero attached hydrogens (tertiary/aromatic N) is 2. The molecule has 2 N–H and O–H groups in total. The fourth-order valence-electron chi connectivity index (χ4n) is 1.53. The van der Waals surface area contributed by atoms with E-state index in [1.54, 1.807) is 29.2 Å². The van der Waals surface area contributed by atoms with Crippen molar-refractivity contribution in [2.45, 2.75) is 13.5 Å². The standard InChI is InChI=1S/C12H14FN3O/c1-2-17-12-4-3-10(5-11(12)13)16-7-9(6-14)15-8-16/h3-5,7-8H,2,6,14H2,1H3. The van der Waals surface area contributed by atoms with E-state index >= 15 is 0 Å². The molecular formula is C12H14FN3O. The van der Waals surface area contributed by atoms with Gasteiger partial charge in [0, 0.05) is 24.5 Å². The van der Waals surface area contributed by atoms with Crippen LogP contribution in [0.2, 0.25) is 0 Å². The predicted octanol–water partition coefficient (Wildman–Crippen LogP) is 1.87. The zero-order valence-electron chi connectivity index (χ0n) is 9.56. The van der Waals surface area contributed by atoms with Crippen LogP contribution in [0, 0.1) is 5.82 Å². The van der Waals surface area contributed by atoms with Gasteiger partial charge in [0.2, 0.25) is 0 Å². The topological polar surface area (TPSA) is 53.1 Å². The van der Waals surface area contributed by atoms with Crippen LogP contribution < -0.4 is 10.5 Å². The summed E-state index contributed by atoms with van der Waals surface area (Å²) in [6.45, 7) is 2.63. The average molecular weight is 235 g/mol. The van der Waals surface area contributed by atoms with E-state index in [0.29, 0.717) is 18.8 Å². The van der Waals surface area contributed by atoms with Crippen LogP contribution in [0.3, 0.4) is 0 Å². The van der Waals surface area contributed by atoms with Crippen LogP contribution in [0.4, 0.5) is 4.39 Å². The zero-order chi connectivity index (χ0) is 12.3. The molecule has 0 amide bonds. The first kappa shape index (κ1) is 11.6. The lowest BCUT2D eigenvalue weighted by Gasteiger charge is -2.07. The summed E-state index contributed by atoms with van der Waals surface area (Å²) in [5, 5.41) is 0. The Bertz CT molecular complexity index is 510. The van der Waals surface area contributed by atoms with Crippen molar-refractivity contribution in [2.75, 3.05) is 6.61 Å². The van der Waals surface area contributed by atoms with Crippen molar-refractivity contribution in [3.63, 3.8) is 0 Å². The first-order chi connectivity index (χ1) is 8.24. The normalized spacial score (nSPS) is 10.5. The van der Waals surface area contributed by atoms with E-state index in [9.17, 15) is 4.39 Å². The van der Waals surface area contributed by atoms with E-state index in [-0.39, 0.29) is 11.6 Å². The van der Waals surface area contributed by atoms with Gasteiger partial charge in [0.15, 0.2) is 11.6 Å². The van der Waals surface area contributed by atoms with Gasteiger partial charge in [0.05, 0.1) is 18.6 Å². The summed E-state index contributed by atoms with van der Waals surface area (Å²) in [6, 6.07) is 4.79. The average Bonchev–Trinajstić information content (AvgIpc) is 2.80. The summed E-state index contributed by atoms with van der Waals surface area (Å²) in [5.74, 6) is -0.122. The fraction of sp³-hybridized carbons (Fsp3) is 0.250. The molecule has 1 aromatic heterocycles. The molecule has 0 bridgehead atoms. The maximum absolute atomic E-state index is 13.6. The SMILES string of the molecule is CCOc1ccc(-n2cnc(CN)c2)cc1F. The summed E-state index contributed by atoms with van der Waals surface area (Å²) < 4.78 is 20.5. The summed E-state index contributed by atoms with van der Waals surface area (Å²) in [7, 11) is 0. The third kappa shape index (κ3) is 2.45. The van der Waals surface area contributed by atoms with Crippen molar-refractivity contribution in [1.29, 1.82) is 0 Å². The number of nitrogens with two attached hydrogens (primary N) is 1. The number of hydrogen-bond donors (Lipinski definition) is 1. The second-order valence-electron chi connectivity index (χ2n) is 3.52. The lowest BCUT2D eigenvalue weighted by molar-refractivity contribution is 0.321. The second kappa shape index (κ2) is 4.97. The number of rotatable bonds is 4. The smallest absolute Gasteiger partial charge is 0.167 e. The quantitative estimate of drug-likeness (QED) is 0.880. The molecule has 0 atom stereocenters. The summed E-state index contributed by atoms with van der Waals surface area (Å²) in [5.41, 5.74) is 6.92. The van der Waals surface area contributed by atoms with Gasteiger partial charge in [0.25, 0.3) is 0 Å². The van der Waals surface area contributed by atoms with Gasteiger partial charge >= 0.3 is 0 Å². The number of imidazole rings is 1. The van der Waals surface area contributed by atoms with Crippen molar-refractivity contribution in [1.82, 2.24) is 9.55 Å². The molecule has 17 heavy (non-hydrogen) atoms. The largest absolute Gasteiger partial charge is 0.491 e. The summed E-state index contributed by atoms with van der Waals surface area (Å²) >= 11 is 0. The molecule has 0 radical (unpaired) electrons. The van der Waals surface area contributed by atoms with Crippen molar-refractivity contribution < 1.29 is 9.13 Å². The second-order valence-corrected chi connectivity index (χ2v) is 3.52. The Hall–Kier alpha value is -1.88. The van der Waals surface area contributed by atoms with Crippen LogP contribution in [0.5, 0.6) is 5.75 Å². The predicted molar refractivity (Wildman–Crippen MR) is 62.6 cm³/mol. The van der Waals surface area contributed by atoms with Crippen LogP contribution in [0.25, 0.3) is 5.69 Å². The van der Waals surface area contributed by atoms with E-state index in [4.69, 9.17) is 10.5 Å². The maximum atomic E-state index is 13.6. The molecule has 2 aromatic rings. The third-order valence-corrected chi connectivity index (χ3v) is 2.36. The fourth-order valence-corrected chi connectivity index (χ4v) is 1.53. The van der Waals surface area contributed by atoms with Crippen molar-refractivity contribution >= 4 is 0 Å². The minimum absolute atomic E-state index is 0.260. The van der Waals surface area contributed by atoms with Crippen LogP contribution in [0.15, 0.2) is 30.7 Å². The summed E-state index contributed by atoms with van der Waals surface area (Å²) in [4.78, 5) is 4.08. The number of halogens is 1. The summed E-state index contributed by atoms with van der Waals surface area (Å²) in [6.07, 6.45) is 3.38. The number of ether oxygens (including phenoxy) is 1. The zero-order valence-corrected chi connectivity index (χ0v) is 9.56. The highest BCUT2D eigenvalue weighted by atomic mass is 19.1. The molecule has 0 fully saturated rings. The van der Waals surface area contributed by atoms with Crippen LogP contribution in [0.1, 0.15) is 12.6 Å². The van der Waals surface area contributed by atoms with Crippen molar-refractivity contribution in [2.24, 2.45) is 5.73 Å². The molecule has 0 unspecified atom stereocenters. The molecule has 0 saturated carbocycles. The first-order valence-corrected chi connectivity index (χ1v) is 5.40. The van der Waals surface area contributed by atoms with E-state index in [1.807, 2.05) is 6.92 Å². The molecule has 5 heteroatoms. The Morgan fingerprint density at radius 3 is 2.88 bits per heavy atom. The molecule has 2 rings (SSSR count). The van der Waals surface area contributed by atoms with Crippen molar-refractivity contribution in [3.05, 3.63) is 42.2 Å². The van der Waals surface area contributed by atoms with E-state index < -0.39 is 0 Å². The minimum atomic E-state index is -0.382. The number of hydrogen-bond acceptors (Lipinski definition) is 3. The van der Waals surface area contributed by atoms with Gasteiger partial charge < -0.3 is 15.0 Å². The lowest BCUT2D eigenvalue weighted by Crippen LogP contribution is -1.98.